The van der Waals surface area contributed by atoms with E-state index in [9.17, 15) is 35.5 Å². The highest BCUT2D eigenvalue weighted by Crippen LogP contribution is 2.35. The second kappa shape index (κ2) is 6.63. The Labute approximate surface area is 151 Å². The lowest BCUT2D eigenvalue weighted by molar-refractivity contribution is -0.188. The first-order valence-corrected chi connectivity index (χ1v) is 7.62. The van der Waals surface area contributed by atoms with Gasteiger partial charge < -0.3 is 14.2 Å². The molecule has 1 amide bonds. The third kappa shape index (κ3) is 3.73. The number of rotatable bonds is 1. The van der Waals surface area contributed by atoms with Crippen LogP contribution in [0.15, 0.2) is 16.7 Å². The van der Waals surface area contributed by atoms with Crippen molar-refractivity contribution in [1.29, 1.82) is 0 Å². The van der Waals surface area contributed by atoms with E-state index in [1.165, 1.54) is 6.92 Å². The monoisotopic (exact) mass is 413 g/mol. The summed E-state index contributed by atoms with van der Waals surface area (Å²) in [5, 5.41) is 3.12. The molecule has 0 spiro atoms. The molecule has 6 nitrogen and oxygen atoms in total. The van der Waals surface area contributed by atoms with Crippen LogP contribution in [0, 0.1) is 5.82 Å². The number of ether oxygens (including phenoxy) is 1. The van der Waals surface area contributed by atoms with Gasteiger partial charge in [0.1, 0.15) is 18.2 Å². The van der Waals surface area contributed by atoms with Crippen molar-refractivity contribution < 1.29 is 44.8 Å². The Kier molecular flexibility index (Phi) is 4.71. The SMILES string of the molecule is CC1COc2cc(-c3noc(C(F)(F)F)n3)cc(F)c2CN1C(=O)C(F)(F)F. The lowest BCUT2D eigenvalue weighted by Crippen LogP contribution is -2.46. The summed E-state index contributed by atoms with van der Waals surface area (Å²) in [5.41, 5.74) is -0.594. The van der Waals surface area contributed by atoms with Crippen LogP contribution in [0.5, 0.6) is 5.75 Å². The molecule has 152 valence electrons. The van der Waals surface area contributed by atoms with E-state index < -0.39 is 55.0 Å². The van der Waals surface area contributed by atoms with Crippen LogP contribution in [0.3, 0.4) is 0 Å². The summed E-state index contributed by atoms with van der Waals surface area (Å²) in [5.74, 6) is -5.72. The molecule has 0 saturated carbocycles. The van der Waals surface area contributed by atoms with E-state index in [4.69, 9.17) is 4.74 Å². The number of aromatic nitrogens is 2. The molecule has 1 aliphatic rings. The molecule has 0 aliphatic carbocycles. The molecule has 2 heterocycles. The minimum atomic E-state index is -5.16. The summed E-state index contributed by atoms with van der Waals surface area (Å²) >= 11 is 0. The highest BCUT2D eigenvalue weighted by atomic mass is 19.4. The normalized spacial score (nSPS) is 17.7. The van der Waals surface area contributed by atoms with Gasteiger partial charge in [-0.3, -0.25) is 4.79 Å². The predicted molar refractivity (Wildman–Crippen MR) is 76.3 cm³/mol. The third-order valence-corrected chi connectivity index (χ3v) is 3.93. The number of benzene rings is 1. The van der Waals surface area contributed by atoms with Crippen LogP contribution in [-0.2, 0) is 17.5 Å². The van der Waals surface area contributed by atoms with Crippen LogP contribution in [-0.4, -0.2) is 39.8 Å². The summed E-state index contributed by atoms with van der Waals surface area (Å²) in [6.45, 7) is 0.155. The first-order valence-electron chi connectivity index (χ1n) is 7.62. The topological polar surface area (TPSA) is 68.5 Å². The van der Waals surface area contributed by atoms with Crippen LogP contribution in [0.2, 0.25) is 0 Å². The molecule has 0 N–H and O–H groups in total. The summed E-state index contributed by atoms with van der Waals surface area (Å²) in [6.07, 6.45) is -10.1. The highest BCUT2D eigenvalue weighted by molar-refractivity contribution is 5.82. The zero-order valence-corrected chi connectivity index (χ0v) is 13.9. The molecule has 28 heavy (non-hydrogen) atoms. The lowest BCUT2D eigenvalue weighted by Gasteiger charge is -2.27. The van der Waals surface area contributed by atoms with Crippen molar-refractivity contribution in [3.63, 3.8) is 0 Å². The number of hydrogen-bond acceptors (Lipinski definition) is 5. The number of fused-ring (bicyclic) bond motifs is 1. The Morgan fingerprint density at radius 2 is 1.89 bits per heavy atom. The Balaban J connectivity index is 1.98. The maximum atomic E-state index is 14.5. The van der Waals surface area contributed by atoms with Gasteiger partial charge in [-0.1, -0.05) is 5.16 Å². The quantitative estimate of drug-likeness (QED) is 0.669. The number of carbonyl (C=O) groups excluding carboxylic acids is 1. The molecule has 0 fully saturated rings. The van der Waals surface area contributed by atoms with Crippen molar-refractivity contribution in [2.24, 2.45) is 0 Å². The van der Waals surface area contributed by atoms with Crippen molar-refractivity contribution in [2.45, 2.75) is 31.9 Å². The van der Waals surface area contributed by atoms with Gasteiger partial charge in [0.25, 0.3) is 0 Å². The summed E-state index contributed by atoms with van der Waals surface area (Å²) in [7, 11) is 0. The molecule has 1 atom stereocenters. The van der Waals surface area contributed by atoms with E-state index in [0.29, 0.717) is 4.90 Å². The van der Waals surface area contributed by atoms with Crippen molar-refractivity contribution in [3.05, 3.63) is 29.4 Å². The molecule has 3 rings (SSSR count). The number of carbonyl (C=O) groups is 1. The van der Waals surface area contributed by atoms with Gasteiger partial charge in [0.05, 0.1) is 12.6 Å². The second-order valence-electron chi connectivity index (χ2n) is 5.95. The van der Waals surface area contributed by atoms with Crippen LogP contribution in [0.25, 0.3) is 11.4 Å². The van der Waals surface area contributed by atoms with E-state index in [1.54, 1.807) is 0 Å². The average Bonchev–Trinajstić information content (AvgIpc) is 3.01. The standard InChI is InChI=1S/C15H10F7N3O3/c1-6-5-27-10-3-7(11-23-12(28-24-11)14(17,18)19)2-9(16)8(10)4-25(6)13(26)15(20,21)22/h2-3,6H,4-5H2,1H3. The minimum Gasteiger partial charge on any atom is -0.491 e. The number of amides is 1. The van der Waals surface area contributed by atoms with E-state index in [-0.39, 0.29) is 16.9 Å². The van der Waals surface area contributed by atoms with Crippen LogP contribution in [0.4, 0.5) is 30.7 Å². The Bertz CT molecular complexity index is 907. The molecule has 0 radical (unpaired) electrons. The maximum Gasteiger partial charge on any atom is 0.471 e. The Morgan fingerprint density at radius 3 is 2.46 bits per heavy atom. The minimum absolute atomic E-state index is 0.237. The lowest BCUT2D eigenvalue weighted by atomic mass is 10.1. The zero-order chi connectivity index (χ0) is 20.9. The maximum absolute atomic E-state index is 14.5. The van der Waals surface area contributed by atoms with Gasteiger partial charge in [-0.2, -0.15) is 31.3 Å². The van der Waals surface area contributed by atoms with Crippen molar-refractivity contribution in [2.75, 3.05) is 6.61 Å². The molecule has 13 heteroatoms. The number of halogens is 7. The van der Waals surface area contributed by atoms with Gasteiger partial charge in [0.15, 0.2) is 0 Å². The van der Waals surface area contributed by atoms with Gasteiger partial charge >= 0.3 is 24.2 Å². The molecule has 1 aromatic heterocycles. The number of hydrogen-bond donors (Lipinski definition) is 0. The average molecular weight is 413 g/mol. The van der Waals surface area contributed by atoms with Crippen LogP contribution >= 0.6 is 0 Å². The van der Waals surface area contributed by atoms with Gasteiger partial charge in [-0.25, -0.2) is 4.39 Å². The Morgan fingerprint density at radius 1 is 1.21 bits per heavy atom. The van der Waals surface area contributed by atoms with Gasteiger partial charge in [-0.15, -0.1) is 0 Å². The first-order chi connectivity index (χ1) is 12.9. The predicted octanol–water partition coefficient (Wildman–Crippen LogP) is 3.57. The number of nitrogens with zero attached hydrogens (tertiary/aromatic N) is 3. The molecule has 1 aliphatic heterocycles. The molecule has 2 aromatic rings. The van der Waals surface area contributed by atoms with Gasteiger partial charge in [-0.05, 0) is 19.1 Å². The van der Waals surface area contributed by atoms with Crippen molar-refractivity contribution in [3.8, 4) is 17.1 Å². The fraction of sp³-hybridized carbons (Fsp3) is 0.400. The van der Waals surface area contributed by atoms with E-state index in [0.717, 1.165) is 12.1 Å². The first kappa shape index (κ1) is 19.9. The van der Waals surface area contributed by atoms with Crippen molar-refractivity contribution >= 4 is 5.91 Å². The van der Waals surface area contributed by atoms with Crippen LogP contribution in [0.1, 0.15) is 18.4 Å². The van der Waals surface area contributed by atoms with Crippen LogP contribution < -0.4 is 4.74 Å². The smallest absolute Gasteiger partial charge is 0.471 e. The molecule has 0 saturated heterocycles. The zero-order valence-electron chi connectivity index (χ0n) is 13.9. The summed E-state index contributed by atoms with van der Waals surface area (Å²) in [6, 6.07) is 0.753. The summed E-state index contributed by atoms with van der Waals surface area (Å²) < 4.78 is 99.8. The van der Waals surface area contributed by atoms with Crippen molar-refractivity contribution in [1.82, 2.24) is 15.0 Å². The van der Waals surface area contributed by atoms with E-state index >= 15 is 0 Å². The van der Waals surface area contributed by atoms with E-state index in [2.05, 4.69) is 14.7 Å². The largest absolute Gasteiger partial charge is 0.491 e. The summed E-state index contributed by atoms with van der Waals surface area (Å²) in [4.78, 5) is 15.1. The fourth-order valence-electron chi connectivity index (χ4n) is 2.54. The van der Waals surface area contributed by atoms with Gasteiger partial charge in [0, 0.05) is 11.1 Å². The second-order valence-corrected chi connectivity index (χ2v) is 5.95. The Hall–Kier alpha value is -2.86. The fourth-order valence-corrected chi connectivity index (χ4v) is 2.54. The molecule has 1 aromatic carbocycles. The molecular weight excluding hydrogens is 403 g/mol. The van der Waals surface area contributed by atoms with E-state index in [1.807, 2.05) is 0 Å². The highest BCUT2D eigenvalue weighted by Gasteiger charge is 2.45. The molecular formula is C15H10F7N3O3. The number of alkyl halides is 6. The molecule has 0 bridgehead atoms. The third-order valence-electron chi connectivity index (χ3n) is 3.93. The van der Waals surface area contributed by atoms with Gasteiger partial charge in [0.2, 0.25) is 5.82 Å². The molecule has 1 unspecified atom stereocenters.